The summed E-state index contributed by atoms with van der Waals surface area (Å²) in [4.78, 5) is 13.0. The van der Waals surface area contributed by atoms with Crippen LogP contribution in [0, 0.1) is 5.92 Å². The molecule has 1 unspecified atom stereocenters. The van der Waals surface area contributed by atoms with Gasteiger partial charge in [-0.1, -0.05) is 50.4 Å². The summed E-state index contributed by atoms with van der Waals surface area (Å²) in [7, 11) is 1.70. The van der Waals surface area contributed by atoms with Crippen molar-refractivity contribution >= 4 is 29.0 Å². The average Bonchev–Trinajstić information content (AvgIpc) is 2.91. The molecule has 2 nitrogen and oxygen atoms in total. The summed E-state index contributed by atoms with van der Waals surface area (Å²) >= 11 is 12.1. The van der Waals surface area contributed by atoms with Crippen molar-refractivity contribution in [3.05, 3.63) is 62.6 Å². The van der Waals surface area contributed by atoms with Crippen molar-refractivity contribution in [2.24, 2.45) is 5.92 Å². The van der Waals surface area contributed by atoms with E-state index < -0.39 is 0 Å². The fourth-order valence-electron chi connectivity index (χ4n) is 4.06. The van der Waals surface area contributed by atoms with Crippen LogP contribution < -0.4 is 4.74 Å². The molecule has 0 spiro atoms. The van der Waals surface area contributed by atoms with Gasteiger partial charge in [-0.3, -0.25) is 4.79 Å². The van der Waals surface area contributed by atoms with Crippen LogP contribution in [0.15, 0.2) is 30.3 Å². The number of methoxy groups -OCH3 is 1. The minimum absolute atomic E-state index is 0.0586. The molecule has 2 aromatic rings. The van der Waals surface area contributed by atoms with Gasteiger partial charge in [0.2, 0.25) is 0 Å². The molecule has 2 aromatic carbocycles. The third-order valence-electron chi connectivity index (χ3n) is 5.53. The summed E-state index contributed by atoms with van der Waals surface area (Å²) in [6, 6.07) is 9.81. The highest BCUT2D eigenvalue weighted by molar-refractivity contribution is 6.34. The van der Waals surface area contributed by atoms with Crippen LogP contribution in [0.25, 0.3) is 0 Å². The maximum Gasteiger partial charge on any atom is 0.166 e. The van der Waals surface area contributed by atoms with Crippen molar-refractivity contribution in [1.29, 1.82) is 0 Å². The second-order valence-electron chi connectivity index (χ2n) is 8.75. The molecule has 28 heavy (non-hydrogen) atoms. The summed E-state index contributed by atoms with van der Waals surface area (Å²) < 4.78 is 5.60. The first-order valence-electron chi connectivity index (χ1n) is 9.89. The lowest BCUT2D eigenvalue weighted by molar-refractivity contribution is 0.0929. The maximum absolute atomic E-state index is 13.0. The minimum Gasteiger partial charge on any atom is -0.496 e. The van der Waals surface area contributed by atoms with E-state index in [1.165, 1.54) is 0 Å². The number of rotatable bonds is 6. The van der Waals surface area contributed by atoms with Gasteiger partial charge in [-0.25, -0.2) is 0 Å². The van der Waals surface area contributed by atoms with Crippen molar-refractivity contribution in [1.82, 2.24) is 0 Å². The number of benzene rings is 2. The molecule has 1 aliphatic rings. The lowest BCUT2D eigenvalue weighted by Crippen LogP contribution is -2.14. The largest absolute Gasteiger partial charge is 0.496 e. The molecule has 0 saturated heterocycles. The Morgan fingerprint density at radius 3 is 2.32 bits per heavy atom. The van der Waals surface area contributed by atoms with Crippen LogP contribution in [0.3, 0.4) is 0 Å². The predicted molar refractivity (Wildman–Crippen MR) is 117 cm³/mol. The van der Waals surface area contributed by atoms with E-state index in [0.29, 0.717) is 10.0 Å². The van der Waals surface area contributed by atoms with Gasteiger partial charge in [0.05, 0.1) is 7.11 Å². The first-order valence-corrected chi connectivity index (χ1v) is 10.6. The number of ether oxygens (including phenoxy) is 1. The summed E-state index contributed by atoms with van der Waals surface area (Å²) in [5.74, 6) is 1.25. The molecular weight excluding hydrogens is 391 g/mol. The molecule has 3 rings (SSSR count). The molecule has 0 saturated carbocycles. The first kappa shape index (κ1) is 21.2. The Morgan fingerprint density at radius 2 is 1.71 bits per heavy atom. The van der Waals surface area contributed by atoms with Gasteiger partial charge in [-0.15, -0.1) is 0 Å². The monoisotopic (exact) mass is 418 g/mol. The third kappa shape index (κ3) is 4.72. The molecule has 0 radical (unpaired) electrons. The van der Waals surface area contributed by atoms with E-state index in [-0.39, 0.29) is 17.1 Å². The number of Topliss-reactive ketones (excluding diaryl/α,β-unsaturated/α-hetero) is 1. The number of halogens is 2. The Labute approximate surface area is 178 Å². The lowest BCUT2D eigenvalue weighted by atomic mass is 9.84. The van der Waals surface area contributed by atoms with Crippen LogP contribution in [0.4, 0.5) is 0 Å². The zero-order chi connectivity index (χ0) is 20.5. The number of aryl methyl sites for hydroxylation is 1. The predicted octanol–water partition coefficient (Wildman–Crippen LogP) is 7.07. The fourth-order valence-corrected chi connectivity index (χ4v) is 4.63. The highest BCUT2D eigenvalue weighted by Crippen LogP contribution is 2.39. The molecule has 0 N–H and O–H groups in total. The lowest BCUT2D eigenvalue weighted by Gasteiger charge is -2.23. The van der Waals surface area contributed by atoms with E-state index in [4.69, 9.17) is 27.9 Å². The normalized spacial score (nSPS) is 16.4. The number of hydrogen-bond donors (Lipinski definition) is 0. The van der Waals surface area contributed by atoms with Gasteiger partial charge in [0.1, 0.15) is 5.75 Å². The van der Waals surface area contributed by atoms with Gasteiger partial charge in [0.25, 0.3) is 0 Å². The fraction of sp³-hybridized carbons (Fsp3) is 0.458. The maximum atomic E-state index is 13.0. The summed E-state index contributed by atoms with van der Waals surface area (Å²) in [5.41, 5.74) is 4.20. The van der Waals surface area contributed by atoms with E-state index in [2.05, 4.69) is 32.9 Å². The highest BCUT2D eigenvalue weighted by Gasteiger charge is 2.33. The van der Waals surface area contributed by atoms with Crippen LogP contribution in [-0.2, 0) is 18.3 Å². The third-order valence-corrected chi connectivity index (χ3v) is 5.96. The Bertz CT molecular complexity index is 861. The number of ketones is 1. The molecule has 4 heteroatoms. The van der Waals surface area contributed by atoms with Gasteiger partial charge < -0.3 is 4.74 Å². The highest BCUT2D eigenvalue weighted by atomic mass is 35.5. The topological polar surface area (TPSA) is 26.3 Å². The average molecular weight is 419 g/mol. The van der Waals surface area contributed by atoms with Crippen LogP contribution in [0.5, 0.6) is 5.75 Å². The molecule has 0 bridgehead atoms. The summed E-state index contributed by atoms with van der Waals surface area (Å²) in [6.45, 7) is 6.45. The quantitative estimate of drug-likeness (QED) is 0.468. The van der Waals surface area contributed by atoms with Crippen LogP contribution in [-0.4, -0.2) is 12.9 Å². The number of fused-ring (bicyclic) bond motifs is 1. The second kappa shape index (κ2) is 8.47. The number of carbonyl (C=O) groups excluding carboxylic acids is 1. The SMILES string of the molecule is COc1cc2c(cc1C(C)(C)C)C(=O)C(CCCCc1cc(Cl)cc(Cl)c1)C2. The molecule has 1 atom stereocenters. The first-order chi connectivity index (χ1) is 13.2. The Morgan fingerprint density at radius 1 is 1.04 bits per heavy atom. The van der Waals surface area contributed by atoms with Crippen LogP contribution in [0.1, 0.15) is 67.1 Å². The smallest absolute Gasteiger partial charge is 0.166 e. The van der Waals surface area contributed by atoms with E-state index in [0.717, 1.165) is 60.1 Å². The molecule has 150 valence electrons. The van der Waals surface area contributed by atoms with Crippen molar-refractivity contribution in [3.63, 3.8) is 0 Å². The minimum atomic E-state index is -0.0586. The summed E-state index contributed by atoms with van der Waals surface area (Å²) in [5, 5.41) is 1.35. The molecule has 0 fully saturated rings. The number of unbranched alkanes of at least 4 members (excludes halogenated alkanes) is 1. The molecule has 0 aliphatic heterocycles. The van der Waals surface area contributed by atoms with Crippen molar-refractivity contribution in [2.75, 3.05) is 7.11 Å². The molecule has 0 amide bonds. The van der Waals surface area contributed by atoms with Gasteiger partial charge in [0.15, 0.2) is 5.78 Å². The van der Waals surface area contributed by atoms with Gasteiger partial charge >= 0.3 is 0 Å². The Balaban J connectivity index is 1.63. The van der Waals surface area contributed by atoms with Crippen LogP contribution >= 0.6 is 23.2 Å². The van der Waals surface area contributed by atoms with Crippen molar-refractivity contribution in [2.45, 2.75) is 58.3 Å². The second-order valence-corrected chi connectivity index (χ2v) is 9.62. The van der Waals surface area contributed by atoms with Crippen molar-refractivity contribution < 1.29 is 9.53 Å². The molecular formula is C24H28Cl2O2. The molecule has 0 heterocycles. The van der Waals surface area contributed by atoms with Gasteiger partial charge in [-0.2, -0.15) is 0 Å². The molecule has 0 aromatic heterocycles. The summed E-state index contributed by atoms with van der Waals surface area (Å²) in [6.07, 6.45) is 4.69. The van der Waals surface area contributed by atoms with E-state index >= 15 is 0 Å². The van der Waals surface area contributed by atoms with Crippen molar-refractivity contribution in [3.8, 4) is 5.75 Å². The number of carbonyl (C=O) groups is 1. The van der Waals surface area contributed by atoms with E-state index in [9.17, 15) is 4.79 Å². The van der Waals surface area contributed by atoms with E-state index in [1.54, 1.807) is 13.2 Å². The zero-order valence-electron chi connectivity index (χ0n) is 17.1. The van der Waals surface area contributed by atoms with E-state index in [1.807, 2.05) is 12.1 Å². The zero-order valence-corrected chi connectivity index (χ0v) is 18.6. The Hall–Kier alpha value is -1.51. The Kier molecular flexibility index (Phi) is 6.41. The standard InChI is InChI=1S/C24H28Cl2O2/c1-24(2,3)21-14-20-17(12-22(21)28-4)11-16(23(20)27)8-6-5-7-15-9-18(25)13-19(26)10-15/h9-10,12-14,16H,5-8,11H2,1-4H3. The van der Waals surface area contributed by atoms with Gasteiger partial charge in [0, 0.05) is 27.1 Å². The number of hydrogen-bond acceptors (Lipinski definition) is 2. The van der Waals surface area contributed by atoms with Gasteiger partial charge in [-0.05, 0) is 72.6 Å². The molecule has 1 aliphatic carbocycles. The van der Waals surface area contributed by atoms with Crippen LogP contribution in [0.2, 0.25) is 10.0 Å².